The zero-order valence-electron chi connectivity index (χ0n) is 10.7. The highest BCUT2D eigenvalue weighted by molar-refractivity contribution is 9.10. The second-order valence-electron chi connectivity index (χ2n) is 5.03. The lowest BCUT2D eigenvalue weighted by molar-refractivity contribution is -0.152. The molecule has 0 bridgehead atoms. The molecule has 1 aromatic rings. The minimum atomic E-state index is -4.51. The van der Waals surface area contributed by atoms with E-state index in [-0.39, 0.29) is 5.56 Å². The summed E-state index contributed by atoms with van der Waals surface area (Å²) in [5, 5.41) is 0. The van der Waals surface area contributed by atoms with Gasteiger partial charge in [0.1, 0.15) is 6.04 Å². The maximum Gasteiger partial charge on any atom is 0.408 e. The molecule has 0 fully saturated rings. The summed E-state index contributed by atoms with van der Waals surface area (Å²) in [5.41, 5.74) is 0.0273. The summed E-state index contributed by atoms with van der Waals surface area (Å²) in [7, 11) is -1.81. The van der Waals surface area contributed by atoms with Crippen molar-refractivity contribution in [3.63, 3.8) is 0 Å². The van der Waals surface area contributed by atoms with Gasteiger partial charge in [-0.3, -0.25) is 0 Å². The Hall–Kier alpha value is -0.400. The van der Waals surface area contributed by atoms with Crippen LogP contribution in [0.4, 0.5) is 13.2 Å². The van der Waals surface area contributed by atoms with Gasteiger partial charge in [0, 0.05) is 4.47 Å². The summed E-state index contributed by atoms with van der Waals surface area (Å²) >= 11 is 3.13. The molecule has 0 saturated carbocycles. The zero-order chi connectivity index (χ0) is 14.8. The maximum atomic E-state index is 13.1. The lowest BCUT2D eigenvalue weighted by atomic mass is 10.1. The lowest BCUT2D eigenvalue weighted by Crippen LogP contribution is -2.41. The quantitative estimate of drug-likeness (QED) is 0.866. The van der Waals surface area contributed by atoms with E-state index in [1.165, 1.54) is 18.2 Å². The van der Waals surface area contributed by atoms with Crippen molar-refractivity contribution in [3.8, 4) is 0 Å². The van der Waals surface area contributed by atoms with E-state index in [1.807, 2.05) is 0 Å². The molecule has 0 saturated heterocycles. The van der Waals surface area contributed by atoms with Gasteiger partial charge in [0.2, 0.25) is 0 Å². The Morgan fingerprint density at radius 2 is 1.84 bits per heavy atom. The summed E-state index contributed by atoms with van der Waals surface area (Å²) in [5.74, 6) is 0. The largest absolute Gasteiger partial charge is 0.408 e. The summed E-state index contributed by atoms with van der Waals surface area (Å²) in [6.07, 6.45) is -4.51. The van der Waals surface area contributed by atoms with E-state index in [1.54, 1.807) is 26.8 Å². The van der Waals surface area contributed by atoms with Crippen LogP contribution >= 0.6 is 15.9 Å². The minimum Gasteiger partial charge on any atom is -0.242 e. The summed E-state index contributed by atoms with van der Waals surface area (Å²) in [4.78, 5) is 0. The van der Waals surface area contributed by atoms with Crippen LogP contribution in [0.25, 0.3) is 0 Å². The molecule has 0 radical (unpaired) electrons. The molecule has 0 amide bonds. The van der Waals surface area contributed by atoms with Crippen molar-refractivity contribution in [1.29, 1.82) is 0 Å². The Morgan fingerprint density at radius 1 is 1.26 bits per heavy atom. The number of rotatable bonds is 3. The SMILES string of the molecule is CC(C)(C)[S@](=O)N[C@@H](c1cccc(Br)c1)C(F)(F)F. The third kappa shape index (κ3) is 4.89. The Bertz CT molecular complexity index is 471. The van der Waals surface area contributed by atoms with Gasteiger partial charge >= 0.3 is 6.18 Å². The highest BCUT2D eigenvalue weighted by Gasteiger charge is 2.43. The topological polar surface area (TPSA) is 29.1 Å². The van der Waals surface area contributed by atoms with E-state index in [0.29, 0.717) is 4.47 Å². The van der Waals surface area contributed by atoms with Gasteiger partial charge in [-0.2, -0.15) is 13.2 Å². The van der Waals surface area contributed by atoms with Crippen LogP contribution in [0.3, 0.4) is 0 Å². The van der Waals surface area contributed by atoms with Gasteiger partial charge in [0.15, 0.2) is 0 Å². The van der Waals surface area contributed by atoms with Crippen molar-refractivity contribution >= 4 is 26.9 Å². The van der Waals surface area contributed by atoms with Crippen molar-refractivity contribution in [2.24, 2.45) is 0 Å². The summed E-state index contributed by atoms with van der Waals surface area (Å²) in [6.45, 7) is 4.85. The van der Waals surface area contributed by atoms with Crippen LogP contribution in [0.2, 0.25) is 0 Å². The van der Waals surface area contributed by atoms with Gasteiger partial charge in [-0.15, -0.1) is 0 Å². The first kappa shape index (κ1) is 16.7. The van der Waals surface area contributed by atoms with Crippen LogP contribution in [0, 0.1) is 0 Å². The van der Waals surface area contributed by atoms with E-state index < -0.39 is 28.0 Å². The molecule has 19 heavy (non-hydrogen) atoms. The number of hydrogen-bond acceptors (Lipinski definition) is 1. The summed E-state index contributed by atoms with van der Waals surface area (Å²) in [6, 6.07) is 3.92. The second-order valence-corrected chi connectivity index (χ2v) is 7.94. The van der Waals surface area contributed by atoms with E-state index in [0.717, 1.165) is 0 Å². The molecule has 0 spiro atoms. The Balaban J connectivity index is 3.08. The lowest BCUT2D eigenvalue weighted by Gasteiger charge is -2.26. The highest BCUT2D eigenvalue weighted by atomic mass is 79.9. The predicted octanol–water partition coefficient (Wildman–Crippen LogP) is 4.10. The molecule has 2 atom stereocenters. The fraction of sp³-hybridized carbons (Fsp3) is 0.500. The normalized spacial score (nSPS) is 16.2. The van der Waals surface area contributed by atoms with Crippen LogP contribution in [0.15, 0.2) is 28.7 Å². The molecule has 1 N–H and O–H groups in total. The monoisotopic (exact) mass is 357 g/mol. The second kappa shape index (κ2) is 5.93. The van der Waals surface area contributed by atoms with Crippen molar-refractivity contribution < 1.29 is 17.4 Å². The van der Waals surface area contributed by atoms with Gasteiger partial charge < -0.3 is 0 Å². The Morgan fingerprint density at radius 3 is 2.26 bits per heavy atom. The van der Waals surface area contributed by atoms with E-state index >= 15 is 0 Å². The van der Waals surface area contributed by atoms with Crippen LogP contribution < -0.4 is 4.72 Å². The minimum absolute atomic E-state index is 0.0273. The molecule has 1 aromatic carbocycles. The van der Waals surface area contributed by atoms with E-state index in [2.05, 4.69) is 20.7 Å². The number of nitrogens with one attached hydrogen (secondary N) is 1. The molecule has 0 aliphatic rings. The van der Waals surface area contributed by atoms with Gasteiger partial charge in [0.05, 0.1) is 15.7 Å². The van der Waals surface area contributed by atoms with Crippen molar-refractivity contribution in [3.05, 3.63) is 34.3 Å². The van der Waals surface area contributed by atoms with Crippen LogP contribution in [-0.4, -0.2) is 15.1 Å². The first-order valence-corrected chi connectivity index (χ1v) is 7.46. The fourth-order valence-corrected chi connectivity index (χ4v) is 2.55. The zero-order valence-corrected chi connectivity index (χ0v) is 13.1. The van der Waals surface area contributed by atoms with Crippen LogP contribution in [0.1, 0.15) is 32.4 Å². The number of benzene rings is 1. The Kier molecular flexibility index (Phi) is 5.20. The standard InChI is InChI=1S/C12H15BrF3NOS/c1-11(2,3)19(18)17-10(12(14,15)16)8-5-4-6-9(13)7-8/h4-7,10,17H,1-3H3/t10-,19-/m0/s1. The average molecular weight is 358 g/mol. The van der Waals surface area contributed by atoms with Gasteiger partial charge in [-0.1, -0.05) is 28.1 Å². The van der Waals surface area contributed by atoms with E-state index in [4.69, 9.17) is 0 Å². The van der Waals surface area contributed by atoms with Crippen molar-refractivity contribution in [2.75, 3.05) is 0 Å². The van der Waals surface area contributed by atoms with Gasteiger partial charge in [-0.25, -0.2) is 8.93 Å². The third-order valence-electron chi connectivity index (χ3n) is 2.29. The molecule has 108 valence electrons. The summed E-state index contributed by atoms with van der Waals surface area (Å²) < 4.78 is 53.0. The first-order chi connectivity index (χ1) is 8.51. The van der Waals surface area contributed by atoms with Gasteiger partial charge in [0.25, 0.3) is 0 Å². The molecular weight excluding hydrogens is 343 g/mol. The molecule has 7 heteroatoms. The van der Waals surface area contributed by atoms with Crippen molar-refractivity contribution in [1.82, 2.24) is 4.72 Å². The number of halogens is 4. The molecular formula is C12H15BrF3NOS. The van der Waals surface area contributed by atoms with Crippen LogP contribution in [-0.2, 0) is 11.0 Å². The molecule has 0 unspecified atom stereocenters. The molecule has 1 rings (SSSR count). The average Bonchev–Trinajstić information content (AvgIpc) is 2.22. The Labute approximate surface area is 121 Å². The van der Waals surface area contributed by atoms with E-state index in [9.17, 15) is 17.4 Å². The maximum absolute atomic E-state index is 13.1. The molecule has 0 heterocycles. The molecule has 0 aliphatic heterocycles. The van der Waals surface area contributed by atoms with Crippen LogP contribution in [0.5, 0.6) is 0 Å². The van der Waals surface area contributed by atoms with Crippen molar-refractivity contribution in [2.45, 2.75) is 37.7 Å². The fourth-order valence-electron chi connectivity index (χ4n) is 1.29. The number of alkyl halides is 3. The van der Waals surface area contributed by atoms with Gasteiger partial charge in [-0.05, 0) is 38.5 Å². The smallest absolute Gasteiger partial charge is 0.242 e. The number of hydrogen-bond donors (Lipinski definition) is 1. The predicted molar refractivity (Wildman–Crippen MR) is 74.0 cm³/mol. The molecule has 0 aromatic heterocycles. The first-order valence-electron chi connectivity index (χ1n) is 5.52. The highest BCUT2D eigenvalue weighted by Crippen LogP contribution is 2.34. The molecule has 0 aliphatic carbocycles. The third-order valence-corrected chi connectivity index (χ3v) is 4.35. The molecule has 2 nitrogen and oxygen atoms in total.